The molecule has 1 fully saturated rings. The third-order valence-corrected chi connectivity index (χ3v) is 3.04. The van der Waals surface area contributed by atoms with Crippen LogP contribution >= 0.6 is 0 Å². The van der Waals surface area contributed by atoms with Crippen molar-refractivity contribution >= 4 is 5.91 Å². The number of nitrogens with zero attached hydrogens (tertiary/aromatic N) is 1. The number of aliphatic hydroxyl groups is 1. The molecule has 2 rings (SSSR count). The van der Waals surface area contributed by atoms with E-state index in [4.69, 9.17) is 15.6 Å². The summed E-state index contributed by atoms with van der Waals surface area (Å²) in [5.74, 6) is -0.410. The number of rotatable bonds is 4. The first-order valence-electron chi connectivity index (χ1n) is 6.02. The molecule has 18 heavy (non-hydrogen) atoms. The zero-order valence-corrected chi connectivity index (χ0v) is 10.2. The Morgan fingerprint density at radius 3 is 3.11 bits per heavy atom. The Morgan fingerprint density at radius 2 is 2.39 bits per heavy atom. The Kier molecular flexibility index (Phi) is 4.30. The van der Waals surface area contributed by atoms with Crippen LogP contribution in [0.25, 0.3) is 0 Å². The molecule has 1 atom stereocenters. The lowest BCUT2D eigenvalue weighted by molar-refractivity contribution is -0.0551. The van der Waals surface area contributed by atoms with Crippen LogP contribution in [0.2, 0.25) is 0 Å². The van der Waals surface area contributed by atoms with Gasteiger partial charge in [-0.05, 0) is 17.7 Å². The number of primary amides is 1. The fourth-order valence-corrected chi connectivity index (χ4v) is 2.12. The molecule has 0 aliphatic carbocycles. The van der Waals surface area contributed by atoms with E-state index in [1.807, 2.05) is 18.2 Å². The summed E-state index contributed by atoms with van der Waals surface area (Å²) in [4.78, 5) is 13.3. The Morgan fingerprint density at radius 1 is 1.56 bits per heavy atom. The van der Waals surface area contributed by atoms with Crippen LogP contribution in [-0.4, -0.2) is 48.3 Å². The minimum Gasteiger partial charge on any atom is -0.394 e. The fraction of sp³-hybridized carbons (Fsp3) is 0.462. The van der Waals surface area contributed by atoms with Crippen molar-refractivity contribution in [2.45, 2.75) is 12.6 Å². The van der Waals surface area contributed by atoms with Gasteiger partial charge in [0, 0.05) is 25.2 Å². The van der Waals surface area contributed by atoms with Gasteiger partial charge in [0.25, 0.3) is 0 Å². The van der Waals surface area contributed by atoms with E-state index in [0.717, 1.165) is 18.7 Å². The largest absolute Gasteiger partial charge is 0.394 e. The molecule has 0 aromatic heterocycles. The molecule has 1 aromatic carbocycles. The van der Waals surface area contributed by atoms with Gasteiger partial charge < -0.3 is 15.6 Å². The highest BCUT2D eigenvalue weighted by Crippen LogP contribution is 2.11. The van der Waals surface area contributed by atoms with Gasteiger partial charge in [0.15, 0.2) is 0 Å². The summed E-state index contributed by atoms with van der Waals surface area (Å²) in [7, 11) is 0. The number of amides is 1. The molecule has 0 bridgehead atoms. The summed E-state index contributed by atoms with van der Waals surface area (Å²) in [5, 5.41) is 9.08. The van der Waals surface area contributed by atoms with Gasteiger partial charge in [0.2, 0.25) is 5.91 Å². The van der Waals surface area contributed by atoms with Gasteiger partial charge >= 0.3 is 0 Å². The van der Waals surface area contributed by atoms with E-state index >= 15 is 0 Å². The van der Waals surface area contributed by atoms with E-state index in [0.29, 0.717) is 18.7 Å². The highest BCUT2D eigenvalue weighted by Gasteiger charge is 2.19. The van der Waals surface area contributed by atoms with E-state index in [1.165, 1.54) is 0 Å². The number of hydrogen-bond acceptors (Lipinski definition) is 4. The van der Waals surface area contributed by atoms with Crippen LogP contribution in [0.15, 0.2) is 24.3 Å². The molecular weight excluding hydrogens is 232 g/mol. The molecular formula is C13H18N2O3. The van der Waals surface area contributed by atoms with Crippen molar-refractivity contribution in [3.63, 3.8) is 0 Å². The average molecular weight is 250 g/mol. The first-order chi connectivity index (χ1) is 8.69. The molecule has 5 nitrogen and oxygen atoms in total. The molecule has 0 saturated carbocycles. The number of carbonyl (C=O) groups excluding carboxylic acids is 1. The molecule has 1 saturated heterocycles. The minimum atomic E-state index is -0.410. The first kappa shape index (κ1) is 13.0. The van der Waals surface area contributed by atoms with Gasteiger partial charge in [-0.1, -0.05) is 12.1 Å². The van der Waals surface area contributed by atoms with Gasteiger partial charge in [0.1, 0.15) is 0 Å². The number of hydrogen-bond donors (Lipinski definition) is 2. The lowest BCUT2D eigenvalue weighted by atomic mass is 10.1. The number of ether oxygens (including phenoxy) is 1. The van der Waals surface area contributed by atoms with E-state index in [9.17, 15) is 4.79 Å². The lowest BCUT2D eigenvalue weighted by Crippen LogP contribution is -2.43. The highest BCUT2D eigenvalue weighted by atomic mass is 16.5. The molecule has 1 amide bonds. The molecule has 5 heteroatoms. The Bertz CT molecular complexity index is 422. The Balaban J connectivity index is 2.00. The van der Waals surface area contributed by atoms with Crippen LogP contribution in [0, 0.1) is 0 Å². The maximum Gasteiger partial charge on any atom is 0.248 e. The third kappa shape index (κ3) is 3.29. The van der Waals surface area contributed by atoms with E-state index < -0.39 is 5.91 Å². The SMILES string of the molecule is NC(=O)c1cccc(CN2CCOC(CO)C2)c1. The monoisotopic (exact) mass is 250 g/mol. The number of benzene rings is 1. The molecule has 98 valence electrons. The van der Waals surface area contributed by atoms with Crippen LogP contribution in [0.3, 0.4) is 0 Å². The van der Waals surface area contributed by atoms with Crippen LogP contribution in [0.4, 0.5) is 0 Å². The minimum absolute atomic E-state index is 0.0395. The Labute approximate surface area is 106 Å². The summed E-state index contributed by atoms with van der Waals surface area (Å²) >= 11 is 0. The van der Waals surface area contributed by atoms with Crippen LogP contribution in [0.5, 0.6) is 0 Å². The van der Waals surface area contributed by atoms with Crippen molar-refractivity contribution in [1.82, 2.24) is 4.90 Å². The van der Waals surface area contributed by atoms with Crippen molar-refractivity contribution < 1.29 is 14.6 Å². The molecule has 1 aliphatic rings. The molecule has 1 heterocycles. The van der Waals surface area contributed by atoms with Crippen LogP contribution in [0.1, 0.15) is 15.9 Å². The van der Waals surface area contributed by atoms with Gasteiger partial charge in [0.05, 0.1) is 19.3 Å². The standard InChI is InChI=1S/C13H18N2O3/c14-13(17)11-3-1-2-10(6-11)7-15-4-5-18-12(8-15)9-16/h1-3,6,12,16H,4-5,7-9H2,(H2,14,17). The number of morpholine rings is 1. The summed E-state index contributed by atoms with van der Waals surface area (Å²) < 4.78 is 5.39. The smallest absolute Gasteiger partial charge is 0.248 e. The van der Waals surface area contributed by atoms with Gasteiger partial charge in [-0.25, -0.2) is 0 Å². The van der Waals surface area contributed by atoms with E-state index in [-0.39, 0.29) is 12.7 Å². The van der Waals surface area contributed by atoms with E-state index in [2.05, 4.69) is 4.90 Å². The second-order valence-corrected chi connectivity index (χ2v) is 4.48. The molecule has 1 aromatic rings. The molecule has 1 unspecified atom stereocenters. The normalized spacial score (nSPS) is 20.8. The predicted octanol–water partition coefficient (Wildman–Crippen LogP) is -0.0214. The quantitative estimate of drug-likeness (QED) is 0.787. The van der Waals surface area contributed by atoms with Crippen LogP contribution < -0.4 is 5.73 Å². The van der Waals surface area contributed by atoms with Gasteiger partial charge in [-0.2, -0.15) is 0 Å². The topological polar surface area (TPSA) is 75.8 Å². The second kappa shape index (κ2) is 5.95. The van der Waals surface area contributed by atoms with Crippen LogP contribution in [-0.2, 0) is 11.3 Å². The second-order valence-electron chi connectivity index (χ2n) is 4.48. The molecule has 3 N–H and O–H groups in total. The molecule has 1 aliphatic heterocycles. The summed E-state index contributed by atoms with van der Waals surface area (Å²) in [6.45, 7) is 2.94. The third-order valence-electron chi connectivity index (χ3n) is 3.04. The summed E-state index contributed by atoms with van der Waals surface area (Å²) in [6, 6.07) is 7.32. The van der Waals surface area contributed by atoms with Crippen molar-refractivity contribution in [2.24, 2.45) is 5.73 Å². The zero-order chi connectivity index (χ0) is 13.0. The first-order valence-corrected chi connectivity index (χ1v) is 6.02. The van der Waals surface area contributed by atoms with Crippen molar-refractivity contribution in [2.75, 3.05) is 26.3 Å². The maximum absolute atomic E-state index is 11.1. The van der Waals surface area contributed by atoms with Crippen molar-refractivity contribution in [3.05, 3.63) is 35.4 Å². The number of carbonyl (C=O) groups is 1. The summed E-state index contributed by atoms with van der Waals surface area (Å²) in [6.07, 6.45) is -0.113. The average Bonchev–Trinajstić information content (AvgIpc) is 2.39. The van der Waals surface area contributed by atoms with Crippen molar-refractivity contribution in [1.29, 1.82) is 0 Å². The zero-order valence-electron chi connectivity index (χ0n) is 10.2. The van der Waals surface area contributed by atoms with Gasteiger partial charge in [-0.3, -0.25) is 9.69 Å². The van der Waals surface area contributed by atoms with E-state index in [1.54, 1.807) is 6.07 Å². The highest BCUT2D eigenvalue weighted by molar-refractivity contribution is 5.92. The fourth-order valence-electron chi connectivity index (χ4n) is 2.12. The Hall–Kier alpha value is -1.43. The van der Waals surface area contributed by atoms with Crippen molar-refractivity contribution in [3.8, 4) is 0 Å². The summed E-state index contributed by atoms with van der Waals surface area (Å²) in [5.41, 5.74) is 6.83. The molecule has 0 spiro atoms. The maximum atomic E-state index is 11.1. The predicted molar refractivity (Wildman–Crippen MR) is 67.1 cm³/mol. The molecule has 0 radical (unpaired) electrons. The van der Waals surface area contributed by atoms with Gasteiger partial charge in [-0.15, -0.1) is 0 Å². The lowest BCUT2D eigenvalue weighted by Gasteiger charge is -2.32. The number of aliphatic hydroxyl groups excluding tert-OH is 1. The number of nitrogens with two attached hydrogens (primary N) is 1.